The van der Waals surface area contributed by atoms with Gasteiger partial charge in [0, 0.05) is 4.88 Å². The standard InChI is InChI=1S/C12H11FOS/c1-8-11(6-7-15-8)12(14)9-2-4-10(13)5-3-9/h2-7,12,14H,1H3. The van der Waals surface area contributed by atoms with Crippen LogP contribution in [0.4, 0.5) is 4.39 Å². The van der Waals surface area contributed by atoms with E-state index in [4.69, 9.17) is 0 Å². The van der Waals surface area contributed by atoms with Crippen LogP contribution in [0.5, 0.6) is 0 Å². The Morgan fingerprint density at radius 1 is 1.20 bits per heavy atom. The van der Waals surface area contributed by atoms with Crippen LogP contribution in [-0.4, -0.2) is 5.11 Å². The van der Waals surface area contributed by atoms with Crippen molar-refractivity contribution in [2.45, 2.75) is 13.0 Å². The summed E-state index contributed by atoms with van der Waals surface area (Å²) < 4.78 is 12.7. The minimum absolute atomic E-state index is 0.284. The van der Waals surface area contributed by atoms with E-state index in [-0.39, 0.29) is 5.82 Å². The second-order valence-electron chi connectivity index (χ2n) is 3.39. The topological polar surface area (TPSA) is 20.2 Å². The number of hydrogen-bond donors (Lipinski definition) is 1. The molecule has 2 aromatic rings. The lowest BCUT2D eigenvalue weighted by atomic mass is 10.0. The van der Waals surface area contributed by atoms with Crippen LogP contribution in [-0.2, 0) is 0 Å². The Bertz CT molecular complexity index is 447. The van der Waals surface area contributed by atoms with Crippen LogP contribution in [0.1, 0.15) is 22.1 Å². The fraction of sp³-hybridized carbons (Fsp3) is 0.167. The Morgan fingerprint density at radius 3 is 2.40 bits per heavy atom. The fourth-order valence-electron chi connectivity index (χ4n) is 1.50. The maximum Gasteiger partial charge on any atom is 0.123 e. The summed E-state index contributed by atoms with van der Waals surface area (Å²) in [6.07, 6.45) is -0.656. The van der Waals surface area contributed by atoms with Gasteiger partial charge in [-0.15, -0.1) is 11.3 Å². The van der Waals surface area contributed by atoms with E-state index in [0.29, 0.717) is 0 Å². The predicted octanol–water partition coefficient (Wildman–Crippen LogP) is 3.28. The molecular weight excluding hydrogens is 211 g/mol. The van der Waals surface area contributed by atoms with E-state index < -0.39 is 6.10 Å². The molecule has 1 nitrogen and oxygen atoms in total. The van der Waals surface area contributed by atoms with Gasteiger partial charge in [0.1, 0.15) is 11.9 Å². The van der Waals surface area contributed by atoms with Gasteiger partial charge in [0.15, 0.2) is 0 Å². The molecule has 78 valence electrons. The zero-order valence-electron chi connectivity index (χ0n) is 8.27. The Kier molecular flexibility index (Phi) is 2.84. The lowest BCUT2D eigenvalue weighted by molar-refractivity contribution is 0.220. The van der Waals surface area contributed by atoms with Gasteiger partial charge in [-0.2, -0.15) is 0 Å². The van der Waals surface area contributed by atoms with Crippen molar-refractivity contribution in [3.05, 3.63) is 57.5 Å². The van der Waals surface area contributed by atoms with Gasteiger partial charge in [0.25, 0.3) is 0 Å². The molecule has 2 rings (SSSR count). The quantitative estimate of drug-likeness (QED) is 0.826. The number of benzene rings is 1. The van der Waals surface area contributed by atoms with E-state index in [1.807, 2.05) is 18.4 Å². The highest BCUT2D eigenvalue weighted by molar-refractivity contribution is 7.10. The van der Waals surface area contributed by atoms with E-state index in [9.17, 15) is 9.50 Å². The Hall–Kier alpha value is -1.19. The van der Waals surface area contributed by atoms with Crippen molar-refractivity contribution in [3.63, 3.8) is 0 Å². The maximum absolute atomic E-state index is 12.7. The third-order valence-corrected chi connectivity index (χ3v) is 3.24. The van der Waals surface area contributed by atoms with Gasteiger partial charge in [-0.1, -0.05) is 12.1 Å². The first-order chi connectivity index (χ1) is 7.18. The fourth-order valence-corrected chi connectivity index (χ4v) is 2.24. The zero-order valence-corrected chi connectivity index (χ0v) is 9.09. The van der Waals surface area contributed by atoms with Crippen molar-refractivity contribution in [1.82, 2.24) is 0 Å². The van der Waals surface area contributed by atoms with Crippen molar-refractivity contribution in [2.24, 2.45) is 0 Å². The number of aryl methyl sites for hydroxylation is 1. The normalized spacial score (nSPS) is 12.7. The minimum Gasteiger partial charge on any atom is -0.384 e. The largest absolute Gasteiger partial charge is 0.384 e. The van der Waals surface area contributed by atoms with Crippen LogP contribution < -0.4 is 0 Å². The van der Waals surface area contributed by atoms with Crippen LogP contribution in [0.15, 0.2) is 35.7 Å². The Balaban J connectivity index is 2.32. The van der Waals surface area contributed by atoms with Crippen LogP contribution in [0.3, 0.4) is 0 Å². The van der Waals surface area contributed by atoms with Gasteiger partial charge < -0.3 is 5.11 Å². The van der Waals surface area contributed by atoms with Gasteiger partial charge in [0.2, 0.25) is 0 Å². The van der Waals surface area contributed by atoms with Crippen molar-refractivity contribution < 1.29 is 9.50 Å². The molecule has 0 radical (unpaired) electrons. The van der Waals surface area contributed by atoms with Gasteiger partial charge in [-0.25, -0.2) is 4.39 Å². The number of halogens is 1. The molecule has 0 spiro atoms. The first kappa shape index (κ1) is 10.3. The SMILES string of the molecule is Cc1sccc1C(O)c1ccc(F)cc1. The molecule has 3 heteroatoms. The summed E-state index contributed by atoms with van der Waals surface area (Å²) in [4.78, 5) is 1.09. The molecule has 0 aliphatic rings. The first-order valence-corrected chi connectivity index (χ1v) is 5.54. The zero-order chi connectivity index (χ0) is 10.8. The summed E-state index contributed by atoms with van der Waals surface area (Å²) in [6.45, 7) is 1.97. The van der Waals surface area contributed by atoms with E-state index >= 15 is 0 Å². The third-order valence-electron chi connectivity index (χ3n) is 2.38. The molecule has 0 aliphatic carbocycles. The molecule has 0 fully saturated rings. The van der Waals surface area contributed by atoms with Gasteiger partial charge >= 0.3 is 0 Å². The summed E-state index contributed by atoms with van der Waals surface area (Å²) in [5.41, 5.74) is 1.62. The predicted molar refractivity (Wildman–Crippen MR) is 59.5 cm³/mol. The van der Waals surface area contributed by atoms with E-state index in [1.54, 1.807) is 23.5 Å². The second kappa shape index (κ2) is 4.13. The number of aliphatic hydroxyl groups is 1. The first-order valence-electron chi connectivity index (χ1n) is 4.66. The lowest BCUT2D eigenvalue weighted by Gasteiger charge is -2.10. The monoisotopic (exact) mass is 222 g/mol. The second-order valence-corrected chi connectivity index (χ2v) is 4.51. The average molecular weight is 222 g/mol. The Morgan fingerprint density at radius 2 is 1.87 bits per heavy atom. The van der Waals surface area contributed by atoms with Crippen LogP contribution in [0.2, 0.25) is 0 Å². The van der Waals surface area contributed by atoms with Gasteiger partial charge in [-0.3, -0.25) is 0 Å². The molecular formula is C12H11FOS. The molecule has 1 atom stereocenters. The van der Waals surface area contributed by atoms with Gasteiger partial charge in [0.05, 0.1) is 0 Å². The molecule has 0 saturated carbocycles. The number of aliphatic hydroxyl groups excluding tert-OH is 1. The molecule has 1 unspecified atom stereocenters. The molecule has 1 aromatic heterocycles. The van der Waals surface area contributed by atoms with Crippen molar-refractivity contribution in [3.8, 4) is 0 Å². The number of hydrogen-bond acceptors (Lipinski definition) is 2. The van der Waals surface area contributed by atoms with Crippen molar-refractivity contribution >= 4 is 11.3 Å². The lowest BCUT2D eigenvalue weighted by Crippen LogP contribution is -1.99. The van der Waals surface area contributed by atoms with Crippen LogP contribution in [0.25, 0.3) is 0 Å². The van der Waals surface area contributed by atoms with Crippen molar-refractivity contribution in [1.29, 1.82) is 0 Å². The van der Waals surface area contributed by atoms with Crippen LogP contribution in [0, 0.1) is 12.7 Å². The summed E-state index contributed by atoms with van der Waals surface area (Å²) in [7, 11) is 0. The van der Waals surface area contributed by atoms with E-state index in [2.05, 4.69) is 0 Å². The molecule has 15 heavy (non-hydrogen) atoms. The average Bonchev–Trinajstić information content (AvgIpc) is 2.65. The van der Waals surface area contributed by atoms with E-state index in [0.717, 1.165) is 16.0 Å². The molecule has 0 aliphatic heterocycles. The number of rotatable bonds is 2. The highest BCUT2D eigenvalue weighted by Crippen LogP contribution is 2.27. The van der Waals surface area contributed by atoms with Gasteiger partial charge in [-0.05, 0) is 41.6 Å². The number of thiophene rings is 1. The Labute approximate surface area is 91.8 Å². The molecule has 1 N–H and O–H groups in total. The maximum atomic E-state index is 12.7. The van der Waals surface area contributed by atoms with E-state index in [1.165, 1.54) is 12.1 Å². The summed E-state index contributed by atoms with van der Waals surface area (Å²) in [5.74, 6) is -0.284. The molecule has 0 amide bonds. The highest BCUT2D eigenvalue weighted by Gasteiger charge is 2.13. The summed E-state index contributed by atoms with van der Waals surface area (Å²) >= 11 is 1.60. The van der Waals surface area contributed by atoms with Crippen molar-refractivity contribution in [2.75, 3.05) is 0 Å². The highest BCUT2D eigenvalue weighted by atomic mass is 32.1. The third kappa shape index (κ3) is 2.08. The summed E-state index contributed by atoms with van der Waals surface area (Å²) in [5, 5.41) is 12.0. The molecule has 1 heterocycles. The molecule has 0 bridgehead atoms. The van der Waals surface area contributed by atoms with Crippen LogP contribution >= 0.6 is 11.3 Å². The molecule has 1 aromatic carbocycles. The summed E-state index contributed by atoms with van der Waals surface area (Å²) in [6, 6.07) is 7.84. The molecule has 0 saturated heterocycles. The smallest absolute Gasteiger partial charge is 0.123 e. The minimum atomic E-state index is -0.656.